The Morgan fingerprint density at radius 1 is 1.13 bits per heavy atom. The van der Waals surface area contributed by atoms with Crippen LogP contribution in [0.1, 0.15) is 58.1 Å². The van der Waals surface area contributed by atoms with Gasteiger partial charge in [-0.25, -0.2) is 4.98 Å². The Kier molecular flexibility index (Phi) is 10.7. The van der Waals surface area contributed by atoms with Gasteiger partial charge in [0, 0.05) is 70.8 Å². The van der Waals surface area contributed by atoms with Crippen LogP contribution < -0.4 is 15.3 Å². The molecule has 4 heterocycles. The third-order valence-corrected chi connectivity index (χ3v) is 12.8. The summed E-state index contributed by atoms with van der Waals surface area (Å²) in [7, 11) is 1.66. The van der Waals surface area contributed by atoms with Gasteiger partial charge in [-0.2, -0.15) is 13.2 Å². The van der Waals surface area contributed by atoms with Gasteiger partial charge < -0.3 is 24.6 Å². The van der Waals surface area contributed by atoms with E-state index >= 15 is 0 Å². The van der Waals surface area contributed by atoms with Gasteiger partial charge in [0.15, 0.2) is 18.4 Å². The topological polar surface area (TPSA) is 137 Å². The van der Waals surface area contributed by atoms with Gasteiger partial charge in [-0.05, 0) is 61.3 Å². The molecule has 5 aliphatic rings. The van der Waals surface area contributed by atoms with Crippen LogP contribution in [0.2, 0.25) is 5.02 Å². The largest absolute Gasteiger partial charge is 0.454 e. The van der Waals surface area contributed by atoms with Crippen molar-refractivity contribution in [3.05, 3.63) is 64.3 Å². The van der Waals surface area contributed by atoms with Crippen LogP contribution in [0.5, 0.6) is 0 Å². The van der Waals surface area contributed by atoms with Crippen LogP contribution in [-0.4, -0.2) is 102 Å². The van der Waals surface area contributed by atoms with E-state index in [2.05, 4.69) is 22.1 Å². The van der Waals surface area contributed by atoms with Crippen molar-refractivity contribution in [1.29, 1.82) is 0 Å². The van der Waals surface area contributed by atoms with Gasteiger partial charge in [0.1, 0.15) is 23.1 Å². The molecule has 1 aromatic heterocycles. The van der Waals surface area contributed by atoms with Crippen LogP contribution in [0.3, 0.4) is 0 Å². The van der Waals surface area contributed by atoms with Gasteiger partial charge in [-0.1, -0.05) is 43.7 Å². The van der Waals surface area contributed by atoms with Gasteiger partial charge in [0.2, 0.25) is 0 Å². The van der Waals surface area contributed by atoms with E-state index in [1.807, 2.05) is 24.8 Å². The number of ether oxygens (including phenoxy) is 2. The van der Waals surface area contributed by atoms with Crippen molar-refractivity contribution >= 4 is 35.0 Å². The number of carbonyl (C=O) groups is 2. The maximum atomic E-state index is 14.2. The first kappa shape index (κ1) is 39.8. The molecule has 1 saturated carbocycles. The second kappa shape index (κ2) is 14.8. The van der Waals surface area contributed by atoms with Crippen LogP contribution in [-0.2, 0) is 35.7 Å². The number of hydrogen-bond donors (Lipinski definition) is 3. The molecule has 7 rings (SSSR count). The number of fused-ring (bicyclic) bond motifs is 4. The number of pyridine rings is 1. The lowest BCUT2D eigenvalue weighted by Gasteiger charge is -2.56. The third-order valence-electron chi connectivity index (χ3n) is 12.5. The number of benzene rings is 1. The number of nitrogens with zero attached hydrogens (tertiary/aromatic N) is 4. The minimum absolute atomic E-state index is 0.0105. The third kappa shape index (κ3) is 7.20. The minimum Gasteiger partial charge on any atom is -0.454 e. The minimum atomic E-state index is -4.44. The lowest BCUT2D eigenvalue weighted by Crippen LogP contribution is -2.66. The van der Waals surface area contributed by atoms with Crippen LogP contribution >= 0.6 is 11.6 Å². The lowest BCUT2D eigenvalue weighted by atomic mass is 9.55. The number of piperazine rings is 1. The monoisotopic (exact) mass is 791 g/mol. The maximum Gasteiger partial charge on any atom is 0.417 e. The number of nitrogens with one attached hydrogen (secondary N) is 1. The molecule has 0 amide bonds. The van der Waals surface area contributed by atoms with E-state index in [0.29, 0.717) is 60.3 Å². The number of aromatic nitrogens is 1. The van der Waals surface area contributed by atoms with Crippen molar-refractivity contribution < 1.29 is 47.3 Å². The molecule has 3 fully saturated rings. The van der Waals surface area contributed by atoms with Crippen molar-refractivity contribution in [2.45, 2.75) is 88.8 Å². The van der Waals surface area contributed by atoms with Crippen LogP contribution in [0.4, 0.5) is 24.7 Å². The van der Waals surface area contributed by atoms with Gasteiger partial charge in [-0.3, -0.25) is 29.7 Å². The van der Waals surface area contributed by atoms with E-state index in [0.717, 1.165) is 25.2 Å². The highest BCUT2D eigenvalue weighted by molar-refractivity contribution is 6.33. The molecule has 0 radical (unpaired) electrons. The fourth-order valence-corrected chi connectivity index (χ4v) is 9.90. The summed E-state index contributed by atoms with van der Waals surface area (Å²) in [5, 5.41) is 29.7. The highest BCUT2D eigenvalue weighted by Gasteiger charge is 2.62. The van der Waals surface area contributed by atoms with E-state index in [4.69, 9.17) is 25.9 Å². The average Bonchev–Trinajstić information content (AvgIpc) is 3.48. The molecular weight excluding hydrogens is 743 g/mol. The van der Waals surface area contributed by atoms with Crippen molar-refractivity contribution in [2.24, 2.45) is 23.7 Å². The van der Waals surface area contributed by atoms with Gasteiger partial charge in [0.25, 0.3) is 0 Å². The molecule has 10 atom stereocenters. The van der Waals surface area contributed by atoms with E-state index in [9.17, 15) is 33.0 Å². The summed E-state index contributed by atoms with van der Waals surface area (Å²) < 4.78 is 51.2. The number of hydrogen-bond acceptors (Lipinski definition) is 12. The summed E-state index contributed by atoms with van der Waals surface area (Å²) in [6, 6.07) is 6.59. The highest BCUT2D eigenvalue weighted by Crippen LogP contribution is 2.53. The summed E-state index contributed by atoms with van der Waals surface area (Å²) >= 11 is 6.46. The Labute approximate surface area is 323 Å². The average molecular weight is 792 g/mol. The van der Waals surface area contributed by atoms with E-state index in [1.165, 1.54) is 18.1 Å². The zero-order valence-corrected chi connectivity index (χ0v) is 32.3. The smallest absolute Gasteiger partial charge is 0.417 e. The quantitative estimate of drug-likeness (QED) is 0.266. The number of rotatable bonds is 7. The lowest BCUT2D eigenvalue weighted by molar-refractivity contribution is -0.225. The number of carbonyl (C=O) groups excluding carboxylic acids is 2. The first-order valence-electron chi connectivity index (χ1n) is 18.9. The normalized spacial score (nSPS) is 34.2. The Bertz CT molecular complexity index is 1810. The highest BCUT2D eigenvalue weighted by atomic mass is 35.5. The number of alkyl halides is 3. The number of anilines is 2. The Hall–Kier alpha value is -3.47. The van der Waals surface area contributed by atoms with E-state index in [-0.39, 0.29) is 24.2 Å². The summed E-state index contributed by atoms with van der Waals surface area (Å²) in [5.74, 6) is -1.46. The SMILES string of the molecule is CC(=O)O[C@@H]1C(C)=C[C@@H]2[C@H](C(C)CN3CCN(c4ccc(C(F)(F)F)cn4)CC3)CC[C@@H](C)[C@]2(O)[C@H]1OC(=O)[C@@H]1C[C@@]2(O)c3cccc(Cl)c3N(C)O[C@H]2N1. The number of hydroxylamine groups is 1. The van der Waals surface area contributed by atoms with Crippen molar-refractivity contribution in [3.8, 4) is 0 Å². The molecule has 3 aliphatic heterocycles. The summed E-state index contributed by atoms with van der Waals surface area (Å²) in [6.45, 7) is 10.5. The Morgan fingerprint density at radius 3 is 2.51 bits per heavy atom. The number of esters is 2. The molecule has 2 aromatic rings. The summed E-state index contributed by atoms with van der Waals surface area (Å²) in [5.41, 5.74) is -2.30. The first-order valence-corrected chi connectivity index (χ1v) is 19.3. The molecular formula is C39H49ClF3N5O7. The second-order valence-corrected chi connectivity index (χ2v) is 16.4. The first-order chi connectivity index (χ1) is 25.9. The zero-order chi connectivity index (χ0) is 39.6. The molecule has 12 nitrogen and oxygen atoms in total. The molecule has 55 heavy (non-hydrogen) atoms. The van der Waals surface area contributed by atoms with Gasteiger partial charge in [0.05, 0.1) is 16.3 Å². The van der Waals surface area contributed by atoms with Crippen LogP contribution in [0.25, 0.3) is 0 Å². The molecule has 0 bridgehead atoms. The van der Waals surface area contributed by atoms with Crippen molar-refractivity contribution in [1.82, 2.24) is 15.2 Å². The van der Waals surface area contributed by atoms with Crippen molar-refractivity contribution in [2.75, 3.05) is 49.7 Å². The number of aliphatic hydroxyl groups is 2. The molecule has 2 saturated heterocycles. The molecule has 16 heteroatoms. The Morgan fingerprint density at radius 2 is 1.85 bits per heavy atom. The van der Waals surface area contributed by atoms with Crippen LogP contribution in [0, 0.1) is 23.7 Å². The number of halogens is 4. The van der Waals surface area contributed by atoms with E-state index in [1.54, 1.807) is 25.2 Å². The van der Waals surface area contributed by atoms with Gasteiger partial charge in [-0.15, -0.1) is 0 Å². The maximum absolute atomic E-state index is 14.2. The second-order valence-electron chi connectivity index (χ2n) is 16.0. The predicted molar refractivity (Wildman–Crippen MR) is 197 cm³/mol. The summed E-state index contributed by atoms with van der Waals surface area (Å²) in [4.78, 5) is 40.9. The zero-order valence-electron chi connectivity index (χ0n) is 31.6. The summed E-state index contributed by atoms with van der Waals surface area (Å²) in [6.07, 6.45) is -3.45. The predicted octanol–water partition coefficient (Wildman–Crippen LogP) is 4.67. The van der Waals surface area contributed by atoms with Crippen LogP contribution in [0.15, 0.2) is 48.2 Å². The molecule has 1 unspecified atom stereocenters. The molecule has 0 spiro atoms. The molecule has 3 N–H and O–H groups in total. The fourth-order valence-electron chi connectivity index (χ4n) is 9.60. The molecule has 2 aliphatic carbocycles. The van der Waals surface area contributed by atoms with E-state index < -0.39 is 65.3 Å². The fraction of sp³-hybridized carbons (Fsp3) is 0.615. The standard InChI is InChI=1S/C39H49ClF3N5O7/c1-21-17-28-26(22(2)20-47-13-15-48(16-14-47)31-12-10-25(19-44-31)39(41,42)43)11-9-23(3)38(28,52)34(33(21)53-24(4)49)54-35(50)30-18-37(51)27-7-6-8-29(40)32(27)46(5)55-36(37)45-30/h6-8,10,12,17,19,22-23,26,28,30,33-34,36,45,51-52H,9,11,13-16,18,20H2,1-5H3/t22?,23-,26+,28-,30+,33-,34+,36-,37-,38-/m1/s1. The Balaban J connectivity index is 1.07. The number of para-hydroxylation sites is 1. The van der Waals surface area contributed by atoms with Gasteiger partial charge >= 0.3 is 18.1 Å². The molecule has 300 valence electrons. The van der Waals surface area contributed by atoms with Crippen molar-refractivity contribution in [3.63, 3.8) is 0 Å². The molecule has 1 aromatic carbocycles.